The maximum absolute atomic E-state index is 12.6. The fraction of sp³-hybridized carbons (Fsp3) is 0.200. The molecule has 2 amide bonds. The minimum Gasteiger partial charge on any atom is -0.495 e. The number of carbonyl (C=O) groups excluding carboxylic acids is 2. The van der Waals surface area contributed by atoms with Crippen LogP contribution < -0.4 is 15.0 Å². The number of nitrogens with zero attached hydrogens (tertiary/aromatic N) is 2. The molecule has 1 N–H and O–H groups in total. The molecule has 2 aromatic carbocycles. The van der Waals surface area contributed by atoms with Crippen LogP contribution in [0.15, 0.2) is 62.9 Å². The SMILES string of the molecule is COc1c(Br)cc(Br)cc1/C=C/C(=O)Nc1ccc(N2CCN(C(=O)c3cccs3)CC2)c(Cl)c1. The molecule has 0 unspecified atom stereocenters. The van der Waals surface area contributed by atoms with Crippen LogP contribution in [0.3, 0.4) is 0 Å². The molecule has 0 radical (unpaired) electrons. The Kier molecular flexibility index (Phi) is 8.54. The number of hydrogen-bond donors (Lipinski definition) is 1. The average molecular weight is 640 g/mol. The molecule has 0 aliphatic carbocycles. The van der Waals surface area contributed by atoms with E-state index < -0.39 is 0 Å². The molecular weight excluding hydrogens is 618 g/mol. The van der Waals surface area contributed by atoms with E-state index in [9.17, 15) is 9.59 Å². The van der Waals surface area contributed by atoms with Crippen molar-refractivity contribution in [1.29, 1.82) is 0 Å². The van der Waals surface area contributed by atoms with Gasteiger partial charge in [0.2, 0.25) is 5.91 Å². The number of halogens is 3. The van der Waals surface area contributed by atoms with Crippen molar-refractivity contribution in [1.82, 2.24) is 4.90 Å². The Morgan fingerprint density at radius 2 is 1.89 bits per heavy atom. The van der Waals surface area contributed by atoms with E-state index in [4.69, 9.17) is 16.3 Å². The third-order valence-corrected chi connectivity index (χ3v) is 7.72. The van der Waals surface area contributed by atoms with Crippen LogP contribution in [0.1, 0.15) is 15.2 Å². The molecular formula is C25H22Br2ClN3O3S. The van der Waals surface area contributed by atoms with Crippen LogP contribution in [0.5, 0.6) is 5.75 Å². The van der Waals surface area contributed by atoms with Crippen molar-refractivity contribution in [2.24, 2.45) is 0 Å². The van der Waals surface area contributed by atoms with Gasteiger partial charge in [-0.2, -0.15) is 0 Å². The van der Waals surface area contributed by atoms with Crippen molar-refractivity contribution in [3.8, 4) is 5.75 Å². The fourth-order valence-corrected chi connectivity index (χ4v) is 6.23. The highest BCUT2D eigenvalue weighted by Gasteiger charge is 2.24. The minimum atomic E-state index is -0.285. The summed E-state index contributed by atoms with van der Waals surface area (Å²) in [7, 11) is 1.58. The summed E-state index contributed by atoms with van der Waals surface area (Å²) in [5, 5.41) is 5.30. The average Bonchev–Trinajstić information content (AvgIpc) is 3.37. The Morgan fingerprint density at radius 1 is 1.11 bits per heavy atom. The van der Waals surface area contributed by atoms with Crippen molar-refractivity contribution in [3.05, 3.63) is 78.3 Å². The van der Waals surface area contributed by atoms with Crippen LogP contribution in [0.2, 0.25) is 5.02 Å². The maximum atomic E-state index is 12.6. The molecule has 35 heavy (non-hydrogen) atoms. The van der Waals surface area contributed by atoms with Gasteiger partial charge in [-0.3, -0.25) is 9.59 Å². The summed E-state index contributed by atoms with van der Waals surface area (Å²) in [6.45, 7) is 2.64. The highest BCUT2D eigenvalue weighted by molar-refractivity contribution is 9.11. The van der Waals surface area contributed by atoms with E-state index in [1.165, 1.54) is 17.4 Å². The van der Waals surface area contributed by atoms with Gasteiger partial charge in [0.25, 0.3) is 5.91 Å². The molecule has 2 heterocycles. The first-order valence-corrected chi connectivity index (χ1v) is 13.6. The number of anilines is 2. The second-order valence-corrected chi connectivity index (χ2v) is 10.9. The standard InChI is InChI=1S/C25H22Br2ClN3O3S/c1-34-24-16(13-17(26)14-19(24)27)4-7-23(32)29-18-5-6-21(20(28)15-18)30-8-10-31(11-9-30)25(33)22-3-2-12-35-22/h2-7,12-15H,8-11H2,1H3,(H,29,32)/b7-4+. The molecule has 1 fully saturated rings. The predicted molar refractivity (Wildman–Crippen MR) is 150 cm³/mol. The highest BCUT2D eigenvalue weighted by atomic mass is 79.9. The van der Waals surface area contributed by atoms with Gasteiger partial charge in [-0.1, -0.05) is 33.6 Å². The van der Waals surface area contributed by atoms with Crippen LogP contribution in [0, 0.1) is 0 Å². The van der Waals surface area contributed by atoms with Gasteiger partial charge < -0.3 is 19.9 Å². The van der Waals surface area contributed by atoms with Gasteiger partial charge in [0.05, 0.1) is 27.2 Å². The van der Waals surface area contributed by atoms with Gasteiger partial charge in [-0.05, 0) is 63.8 Å². The Labute approximate surface area is 229 Å². The van der Waals surface area contributed by atoms with Gasteiger partial charge in [0.15, 0.2) is 0 Å². The largest absolute Gasteiger partial charge is 0.495 e. The minimum absolute atomic E-state index is 0.0738. The number of hydrogen-bond acceptors (Lipinski definition) is 5. The summed E-state index contributed by atoms with van der Waals surface area (Å²) < 4.78 is 7.06. The molecule has 1 aliphatic rings. The summed E-state index contributed by atoms with van der Waals surface area (Å²) in [5.74, 6) is 0.430. The van der Waals surface area contributed by atoms with E-state index in [-0.39, 0.29) is 11.8 Å². The summed E-state index contributed by atoms with van der Waals surface area (Å²) in [6, 6.07) is 12.9. The number of carbonyl (C=O) groups is 2. The summed E-state index contributed by atoms with van der Waals surface area (Å²) in [5.41, 5.74) is 2.24. The molecule has 0 saturated carbocycles. The van der Waals surface area contributed by atoms with Crippen molar-refractivity contribution in [2.45, 2.75) is 0 Å². The molecule has 10 heteroatoms. The van der Waals surface area contributed by atoms with Crippen LogP contribution in [0.25, 0.3) is 6.08 Å². The lowest BCUT2D eigenvalue weighted by Crippen LogP contribution is -2.48. The van der Waals surface area contributed by atoms with E-state index in [1.807, 2.05) is 46.7 Å². The van der Waals surface area contributed by atoms with E-state index >= 15 is 0 Å². The van der Waals surface area contributed by atoms with Gasteiger partial charge in [-0.15, -0.1) is 11.3 Å². The third kappa shape index (κ3) is 6.27. The quantitative estimate of drug-likeness (QED) is 0.311. The molecule has 1 aromatic heterocycles. The molecule has 182 valence electrons. The smallest absolute Gasteiger partial charge is 0.264 e. The summed E-state index contributed by atoms with van der Waals surface area (Å²) >= 11 is 14.9. The maximum Gasteiger partial charge on any atom is 0.264 e. The van der Waals surface area contributed by atoms with E-state index in [2.05, 4.69) is 42.1 Å². The summed E-state index contributed by atoms with van der Waals surface area (Å²) in [4.78, 5) is 29.9. The van der Waals surface area contributed by atoms with E-state index in [1.54, 1.807) is 19.3 Å². The lowest BCUT2D eigenvalue weighted by atomic mass is 10.2. The second kappa shape index (κ2) is 11.6. The Hall–Kier alpha value is -2.33. The van der Waals surface area contributed by atoms with E-state index in [0.29, 0.717) is 42.6 Å². The van der Waals surface area contributed by atoms with Gasteiger partial charge in [0, 0.05) is 48.0 Å². The third-order valence-electron chi connectivity index (χ3n) is 5.51. The van der Waals surface area contributed by atoms with Crippen LogP contribution in [-0.4, -0.2) is 50.0 Å². The molecule has 0 atom stereocenters. The van der Waals surface area contributed by atoms with Crippen molar-refractivity contribution >= 4 is 84.1 Å². The topological polar surface area (TPSA) is 61.9 Å². The summed E-state index contributed by atoms with van der Waals surface area (Å²) in [6.07, 6.45) is 3.14. The highest BCUT2D eigenvalue weighted by Crippen LogP contribution is 2.34. The molecule has 1 aliphatic heterocycles. The predicted octanol–water partition coefficient (Wildman–Crippen LogP) is 6.55. The normalized spacial score (nSPS) is 13.8. The number of amides is 2. The Balaban J connectivity index is 1.37. The first-order chi connectivity index (χ1) is 16.9. The van der Waals surface area contributed by atoms with E-state index in [0.717, 1.165) is 25.1 Å². The number of methoxy groups -OCH3 is 1. The van der Waals surface area contributed by atoms with Crippen LogP contribution in [-0.2, 0) is 4.79 Å². The second-order valence-electron chi connectivity index (χ2n) is 7.76. The van der Waals surface area contributed by atoms with Gasteiger partial charge in [0.1, 0.15) is 5.75 Å². The lowest BCUT2D eigenvalue weighted by molar-refractivity contribution is -0.111. The number of thiophene rings is 1. The first kappa shape index (κ1) is 25.8. The van der Waals surface area contributed by atoms with Crippen LogP contribution >= 0.6 is 54.8 Å². The van der Waals surface area contributed by atoms with Crippen molar-refractivity contribution in [3.63, 3.8) is 0 Å². The van der Waals surface area contributed by atoms with Crippen molar-refractivity contribution < 1.29 is 14.3 Å². The molecule has 4 rings (SSSR count). The molecule has 3 aromatic rings. The Morgan fingerprint density at radius 3 is 2.54 bits per heavy atom. The zero-order valence-electron chi connectivity index (χ0n) is 18.8. The number of rotatable bonds is 6. The molecule has 6 nitrogen and oxygen atoms in total. The van der Waals surface area contributed by atoms with Gasteiger partial charge in [-0.25, -0.2) is 0 Å². The lowest BCUT2D eigenvalue weighted by Gasteiger charge is -2.36. The molecule has 1 saturated heterocycles. The Bertz CT molecular complexity index is 1260. The zero-order chi connectivity index (χ0) is 24.9. The number of piperazine rings is 1. The molecule has 0 spiro atoms. The zero-order valence-corrected chi connectivity index (χ0v) is 23.5. The fourth-order valence-electron chi connectivity index (χ4n) is 3.82. The van der Waals surface area contributed by atoms with Gasteiger partial charge >= 0.3 is 0 Å². The molecule has 0 bridgehead atoms. The monoisotopic (exact) mass is 637 g/mol. The van der Waals surface area contributed by atoms with Crippen LogP contribution in [0.4, 0.5) is 11.4 Å². The first-order valence-electron chi connectivity index (χ1n) is 10.7. The number of nitrogens with one attached hydrogen (secondary N) is 1. The number of ether oxygens (including phenoxy) is 1. The number of benzene rings is 2. The van der Waals surface area contributed by atoms with Crippen molar-refractivity contribution in [2.75, 3.05) is 43.5 Å².